The normalized spacial score (nSPS) is 19.3. The molecule has 0 aromatic rings. The van der Waals surface area contributed by atoms with E-state index < -0.39 is 15.3 Å². The standard InChI is InChI=1S/C11H21N3O3S/c1-10(9-12)18(15,16)14-5-2-8-17-11-3-6-13-7-4-11/h10-11,13-14H,2-8H2,1H3. The first kappa shape index (κ1) is 15.4. The van der Waals surface area contributed by atoms with Crippen LogP contribution in [0.15, 0.2) is 0 Å². The topological polar surface area (TPSA) is 91.2 Å². The van der Waals surface area contributed by atoms with Crippen LogP contribution in [0.5, 0.6) is 0 Å². The molecule has 1 aliphatic heterocycles. The van der Waals surface area contributed by atoms with E-state index in [1.165, 1.54) is 6.92 Å². The van der Waals surface area contributed by atoms with Gasteiger partial charge in [-0.2, -0.15) is 5.26 Å². The van der Waals surface area contributed by atoms with Gasteiger partial charge in [0, 0.05) is 13.2 Å². The predicted octanol–water partition coefficient (Wildman–Crippen LogP) is -0.0234. The molecule has 0 radical (unpaired) electrons. The van der Waals surface area contributed by atoms with Crippen LogP contribution in [-0.4, -0.2) is 46.0 Å². The Morgan fingerprint density at radius 3 is 2.78 bits per heavy atom. The van der Waals surface area contributed by atoms with Crippen LogP contribution in [0.2, 0.25) is 0 Å². The quantitative estimate of drug-likeness (QED) is 0.637. The van der Waals surface area contributed by atoms with E-state index in [1.807, 2.05) is 0 Å². The summed E-state index contributed by atoms with van der Waals surface area (Å²) in [6.07, 6.45) is 2.94. The second-order valence-electron chi connectivity index (χ2n) is 4.38. The van der Waals surface area contributed by atoms with Crippen LogP contribution in [0, 0.1) is 11.3 Å². The Morgan fingerprint density at radius 2 is 2.17 bits per heavy atom. The SMILES string of the molecule is CC(C#N)S(=O)(=O)NCCCOC1CCNCC1. The highest BCUT2D eigenvalue weighted by Crippen LogP contribution is 2.07. The molecular weight excluding hydrogens is 254 g/mol. The number of ether oxygens (including phenoxy) is 1. The maximum absolute atomic E-state index is 11.4. The molecule has 2 N–H and O–H groups in total. The molecular formula is C11H21N3O3S. The van der Waals surface area contributed by atoms with Crippen molar-refractivity contribution in [3.8, 4) is 6.07 Å². The van der Waals surface area contributed by atoms with Gasteiger partial charge in [-0.05, 0) is 39.3 Å². The molecule has 0 amide bonds. The first-order valence-electron chi connectivity index (χ1n) is 6.26. The molecule has 7 heteroatoms. The average molecular weight is 275 g/mol. The van der Waals surface area contributed by atoms with Gasteiger partial charge in [0.1, 0.15) is 0 Å². The average Bonchev–Trinajstić information content (AvgIpc) is 2.38. The summed E-state index contributed by atoms with van der Waals surface area (Å²) < 4.78 is 30.9. The van der Waals surface area contributed by atoms with Gasteiger partial charge in [-0.1, -0.05) is 0 Å². The minimum atomic E-state index is -3.49. The molecule has 0 aliphatic carbocycles. The lowest BCUT2D eigenvalue weighted by Gasteiger charge is -2.22. The highest BCUT2D eigenvalue weighted by atomic mass is 32.2. The maximum Gasteiger partial charge on any atom is 0.227 e. The van der Waals surface area contributed by atoms with Gasteiger partial charge < -0.3 is 10.1 Å². The van der Waals surface area contributed by atoms with Crippen molar-refractivity contribution in [1.82, 2.24) is 10.0 Å². The van der Waals surface area contributed by atoms with Crippen LogP contribution >= 0.6 is 0 Å². The van der Waals surface area contributed by atoms with E-state index in [0.29, 0.717) is 25.7 Å². The molecule has 1 rings (SSSR count). The molecule has 1 heterocycles. The van der Waals surface area contributed by atoms with Gasteiger partial charge >= 0.3 is 0 Å². The second-order valence-corrected chi connectivity index (χ2v) is 6.47. The molecule has 1 fully saturated rings. The van der Waals surface area contributed by atoms with Gasteiger partial charge in [-0.3, -0.25) is 0 Å². The number of rotatable bonds is 7. The summed E-state index contributed by atoms with van der Waals surface area (Å²) in [5, 5.41) is 10.8. The number of hydrogen-bond donors (Lipinski definition) is 2. The van der Waals surface area contributed by atoms with E-state index in [-0.39, 0.29) is 0 Å². The van der Waals surface area contributed by atoms with Gasteiger partial charge in [0.05, 0.1) is 12.2 Å². The fraction of sp³-hybridized carbons (Fsp3) is 0.909. The van der Waals surface area contributed by atoms with E-state index in [1.54, 1.807) is 6.07 Å². The third-order valence-corrected chi connectivity index (χ3v) is 4.55. The third-order valence-electron chi connectivity index (χ3n) is 2.91. The van der Waals surface area contributed by atoms with Crippen molar-refractivity contribution < 1.29 is 13.2 Å². The number of nitriles is 1. The molecule has 1 saturated heterocycles. The fourth-order valence-electron chi connectivity index (χ4n) is 1.69. The van der Waals surface area contributed by atoms with E-state index in [0.717, 1.165) is 25.9 Å². The van der Waals surface area contributed by atoms with Gasteiger partial charge in [-0.15, -0.1) is 0 Å². The lowest BCUT2D eigenvalue weighted by atomic mass is 10.1. The summed E-state index contributed by atoms with van der Waals surface area (Å²) in [7, 11) is -3.49. The summed E-state index contributed by atoms with van der Waals surface area (Å²) in [6.45, 7) is 4.20. The van der Waals surface area contributed by atoms with Crippen LogP contribution in [-0.2, 0) is 14.8 Å². The maximum atomic E-state index is 11.4. The van der Waals surface area contributed by atoms with E-state index in [9.17, 15) is 8.42 Å². The van der Waals surface area contributed by atoms with Crippen LogP contribution in [0.25, 0.3) is 0 Å². The molecule has 0 saturated carbocycles. The Balaban J connectivity index is 2.10. The Morgan fingerprint density at radius 1 is 1.50 bits per heavy atom. The van der Waals surface area contributed by atoms with Crippen molar-refractivity contribution in [2.45, 2.75) is 37.5 Å². The lowest BCUT2D eigenvalue weighted by molar-refractivity contribution is 0.0322. The number of hydrogen-bond acceptors (Lipinski definition) is 5. The van der Waals surface area contributed by atoms with Crippen molar-refractivity contribution in [3.63, 3.8) is 0 Å². The van der Waals surface area contributed by atoms with E-state index in [4.69, 9.17) is 10.00 Å². The molecule has 18 heavy (non-hydrogen) atoms. The first-order valence-corrected chi connectivity index (χ1v) is 7.81. The Hall–Kier alpha value is -0.680. The Bertz CT molecular complexity index is 371. The predicted molar refractivity (Wildman–Crippen MR) is 68.5 cm³/mol. The Labute approximate surface area is 109 Å². The number of sulfonamides is 1. The number of nitrogens with zero attached hydrogens (tertiary/aromatic N) is 1. The van der Waals surface area contributed by atoms with Crippen LogP contribution in [0.4, 0.5) is 0 Å². The minimum absolute atomic E-state index is 0.292. The second kappa shape index (κ2) is 7.69. The summed E-state index contributed by atoms with van der Waals surface area (Å²) in [6, 6.07) is 1.71. The number of piperidine rings is 1. The summed E-state index contributed by atoms with van der Waals surface area (Å²) >= 11 is 0. The number of nitrogens with one attached hydrogen (secondary N) is 2. The zero-order chi connectivity index (χ0) is 13.4. The van der Waals surface area contributed by atoms with Crippen molar-refractivity contribution >= 4 is 10.0 Å². The van der Waals surface area contributed by atoms with E-state index in [2.05, 4.69) is 10.0 Å². The molecule has 0 bridgehead atoms. The molecule has 104 valence electrons. The molecule has 0 aromatic heterocycles. The van der Waals surface area contributed by atoms with Crippen molar-refractivity contribution in [1.29, 1.82) is 5.26 Å². The zero-order valence-corrected chi connectivity index (χ0v) is 11.5. The lowest BCUT2D eigenvalue weighted by Crippen LogP contribution is -2.34. The highest BCUT2D eigenvalue weighted by molar-refractivity contribution is 7.90. The highest BCUT2D eigenvalue weighted by Gasteiger charge is 2.19. The Kier molecular flexibility index (Phi) is 6.57. The molecule has 0 spiro atoms. The first-order chi connectivity index (χ1) is 8.56. The summed E-state index contributed by atoms with van der Waals surface area (Å²) in [4.78, 5) is 0. The third kappa shape index (κ3) is 5.31. The summed E-state index contributed by atoms with van der Waals surface area (Å²) in [5.41, 5.74) is 0. The van der Waals surface area contributed by atoms with Crippen LogP contribution in [0.3, 0.4) is 0 Å². The van der Waals surface area contributed by atoms with Crippen molar-refractivity contribution in [2.24, 2.45) is 0 Å². The van der Waals surface area contributed by atoms with Crippen molar-refractivity contribution in [2.75, 3.05) is 26.2 Å². The molecule has 1 aliphatic rings. The van der Waals surface area contributed by atoms with Crippen LogP contribution in [0.1, 0.15) is 26.2 Å². The van der Waals surface area contributed by atoms with Gasteiger partial charge in [-0.25, -0.2) is 13.1 Å². The molecule has 1 atom stereocenters. The fourth-order valence-corrected chi connectivity index (χ4v) is 2.51. The van der Waals surface area contributed by atoms with Gasteiger partial charge in [0.15, 0.2) is 5.25 Å². The van der Waals surface area contributed by atoms with Crippen molar-refractivity contribution in [3.05, 3.63) is 0 Å². The molecule has 6 nitrogen and oxygen atoms in total. The smallest absolute Gasteiger partial charge is 0.227 e. The zero-order valence-electron chi connectivity index (χ0n) is 10.7. The molecule has 0 aromatic carbocycles. The van der Waals surface area contributed by atoms with Gasteiger partial charge in [0.2, 0.25) is 10.0 Å². The largest absolute Gasteiger partial charge is 0.378 e. The monoisotopic (exact) mass is 275 g/mol. The van der Waals surface area contributed by atoms with E-state index >= 15 is 0 Å². The van der Waals surface area contributed by atoms with Crippen LogP contribution < -0.4 is 10.0 Å². The summed E-state index contributed by atoms with van der Waals surface area (Å²) in [5.74, 6) is 0. The minimum Gasteiger partial charge on any atom is -0.378 e. The molecule has 1 unspecified atom stereocenters. The van der Waals surface area contributed by atoms with Gasteiger partial charge in [0.25, 0.3) is 0 Å².